The van der Waals surface area contributed by atoms with Gasteiger partial charge < -0.3 is 52.5 Å². The Morgan fingerprint density at radius 1 is 1.05 bits per heavy atom. The summed E-state index contributed by atoms with van der Waals surface area (Å²) >= 11 is 1.57. The SMILES string of the molecule is Cc1ncsc1-c1ccc([C@H](C)NC(=O)[C@@H]2C[C@@H](O)CN2C(=O)C(/C(O)=C/C(=N)N2CCC(CN3CCC(n4nc(N)c(N)c4/C=C(\N)c4cc(F)ccc4O)CC3)CC2)C(C)C)cc1. The second kappa shape index (κ2) is 20.0. The number of aliphatic hydroxyl groups is 2. The zero-order valence-corrected chi connectivity index (χ0v) is 38.3. The monoisotopic (exact) mass is 911 g/mol. The molecule has 0 saturated carbocycles. The Labute approximate surface area is 383 Å². The van der Waals surface area contributed by atoms with E-state index in [0.717, 1.165) is 79.1 Å². The van der Waals surface area contributed by atoms with Crippen molar-refractivity contribution in [3.8, 4) is 16.2 Å². The summed E-state index contributed by atoms with van der Waals surface area (Å²) in [5.74, 6) is -2.40. The fourth-order valence-electron chi connectivity index (χ4n) is 9.39. The van der Waals surface area contributed by atoms with Gasteiger partial charge in [-0.05, 0) is 86.8 Å². The highest BCUT2D eigenvalue weighted by Crippen LogP contribution is 2.34. The lowest BCUT2D eigenvalue weighted by Gasteiger charge is -2.38. The van der Waals surface area contributed by atoms with Crippen LogP contribution in [0.1, 0.15) is 87.5 Å². The number of β-amino-alcohol motifs (C(OH)–C–C–N with tert-alkyl or cyclic N) is 1. The van der Waals surface area contributed by atoms with Gasteiger partial charge in [-0.3, -0.25) is 19.7 Å². The Hall–Kier alpha value is -5.98. The van der Waals surface area contributed by atoms with Crippen LogP contribution in [0.5, 0.6) is 5.75 Å². The summed E-state index contributed by atoms with van der Waals surface area (Å²) in [5.41, 5.74) is 24.5. The fourth-order valence-corrected chi connectivity index (χ4v) is 10.2. The van der Waals surface area contributed by atoms with Crippen LogP contribution in [0.2, 0.25) is 0 Å². The van der Waals surface area contributed by atoms with Gasteiger partial charge in [-0.2, -0.15) is 5.10 Å². The first-order chi connectivity index (χ1) is 31.0. The molecule has 0 radical (unpaired) electrons. The molecule has 11 N–H and O–H groups in total. The number of carbonyl (C=O) groups excluding carboxylic acids is 2. The predicted molar refractivity (Wildman–Crippen MR) is 252 cm³/mol. The topological polar surface area (TPSA) is 249 Å². The van der Waals surface area contributed by atoms with E-state index in [2.05, 4.69) is 20.3 Å². The van der Waals surface area contributed by atoms with E-state index in [-0.39, 0.29) is 77.0 Å². The van der Waals surface area contributed by atoms with E-state index < -0.39 is 29.8 Å². The highest BCUT2D eigenvalue weighted by molar-refractivity contribution is 7.13. The number of piperidine rings is 2. The minimum atomic E-state index is -1.00. The molecule has 4 atom stereocenters. The van der Waals surface area contributed by atoms with Gasteiger partial charge in [0.05, 0.1) is 45.9 Å². The van der Waals surface area contributed by atoms with Gasteiger partial charge >= 0.3 is 0 Å². The number of hydrogen-bond acceptors (Lipinski definition) is 13. The van der Waals surface area contributed by atoms with Crippen molar-refractivity contribution in [2.75, 3.05) is 50.7 Å². The number of thiazole rings is 1. The van der Waals surface area contributed by atoms with Gasteiger partial charge in [-0.1, -0.05) is 38.1 Å². The third-order valence-electron chi connectivity index (χ3n) is 13.1. The van der Waals surface area contributed by atoms with Gasteiger partial charge in [0.2, 0.25) is 11.8 Å². The third kappa shape index (κ3) is 10.6. The molecular formula is C47H62FN11O5S. The molecule has 3 aliphatic heterocycles. The lowest BCUT2D eigenvalue weighted by molar-refractivity contribution is -0.142. The van der Waals surface area contributed by atoms with Gasteiger partial charge in [0.15, 0.2) is 5.82 Å². The number of phenols is 1. The van der Waals surface area contributed by atoms with Crippen molar-refractivity contribution in [2.45, 2.75) is 84.0 Å². The quantitative estimate of drug-likeness (QED) is 0.0460. The van der Waals surface area contributed by atoms with Crippen molar-refractivity contribution in [1.82, 2.24) is 34.8 Å². The number of nitrogens with zero attached hydrogens (tertiary/aromatic N) is 6. The van der Waals surface area contributed by atoms with Crippen molar-refractivity contribution in [3.63, 3.8) is 0 Å². The van der Waals surface area contributed by atoms with Crippen molar-refractivity contribution in [3.05, 3.63) is 88.1 Å². The number of nitrogens with one attached hydrogen (secondary N) is 2. The largest absolute Gasteiger partial charge is 0.511 e. The molecule has 3 aliphatic rings. The normalized spacial score (nSPS) is 20.4. The molecular weight excluding hydrogens is 850 g/mol. The van der Waals surface area contributed by atoms with Gasteiger partial charge in [0.1, 0.15) is 34.9 Å². The standard InChI is InChI=1S/C47H62FN11O5S/c1-26(2)42(47(64)58-24-34(60)20-38(58)46(63)54-27(3)30-5-7-31(8-6-30)44-28(4)53-25-65-44)40(62)22-41(50)57-17-11-29(12-18-57)23-56-15-13-33(14-16-56)59-37(43(51)45(52)55-59)21-36(49)35-19-32(48)9-10-39(35)61/h5-10,19,21-22,25-27,29,33-34,38,42,50,60-62H,11-18,20,23-24,49,51H2,1-4H3,(H2,52,55)(H,54,63)/b36-21-,40-22-,50-41?/t27-,34+,38-,42?/m0/s1. The lowest BCUT2D eigenvalue weighted by Crippen LogP contribution is -2.49. The number of halogens is 1. The molecule has 5 heterocycles. The van der Waals surface area contributed by atoms with E-state index in [1.807, 2.05) is 62.4 Å². The first kappa shape index (κ1) is 47.0. The van der Waals surface area contributed by atoms with Crippen molar-refractivity contribution >= 4 is 52.3 Å². The van der Waals surface area contributed by atoms with Gasteiger partial charge in [-0.15, -0.1) is 11.3 Å². The van der Waals surface area contributed by atoms with Crippen LogP contribution in [-0.4, -0.2) is 114 Å². The van der Waals surface area contributed by atoms with Crippen molar-refractivity contribution in [2.24, 2.45) is 23.5 Å². The molecule has 65 heavy (non-hydrogen) atoms. The maximum absolute atomic E-state index is 14.2. The Kier molecular flexibility index (Phi) is 14.5. The van der Waals surface area contributed by atoms with Crippen LogP contribution >= 0.6 is 11.3 Å². The Balaban J connectivity index is 0.906. The predicted octanol–water partition coefficient (Wildman–Crippen LogP) is 5.66. The molecule has 3 saturated heterocycles. The number of benzene rings is 2. The van der Waals surface area contributed by atoms with E-state index in [1.165, 1.54) is 17.0 Å². The molecule has 4 aromatic rings. The number of amidine groups is 1. The summed E-state index contributed by atoms with van der Waals surface area (Å²) in [6.45, 7) is 11.2. The summed E-state index contributed by atoms with van der Waals surface area (Å²) < 4.78 is 15.7. The first-order valence-corrected chi connectivity index (χ1v) is 23.2. The molecule has 2 aromatic carbocycles. The number of carbonyl (C=O) groups is 2. The zero-order chi connectivity index (χ0) is 46.7. The molecule has 0 bridgehead atoms. The van der Waals surface area contributed by atoms with Gasteiger partial charge in [-0.25, -0.2) is 9.37 Å². The highest BCUT2D eigenvalue weighted by Gasteiger charge is 2.43. The molecule has 2 aromatic heterocycles. The van der Waals surface area contributed by atoms with Crippen LogP contribution in [0.25, 0.3) is 22.2 Å². The molecule has 3 fully saturated rings. The summed E-state index contributed by atoms with van der Waals surface area (Å²) in [4.78, 5) is 39.0. The lowest BCUT2D eigenvalue weighted by atomic mass is 9.91. The van der Waals surface area contributed by atoms with E-state index in [1.54, 1.807) is 22.1 Å². The summed E-state index contributed by atoms with van der Waals surface area (Å²) in [7, 11) is 0. The average Bonchev–Trinajstić information content (AvgIpc) is 3.98. The van der Waals surface area contributed by atoms with E-state index >= 15 is 0 Å². The molecule has 2 amide bonds. The number of aromatic hydroxyl groups is 1. The number of likely N-dealkylation sites (tertiary alicyclic amines) is 3. The smallest absolute Gasteiger partial charge is 0.243 e. The number of phenolic OH excluding ortho intramolecular Hbond substituents is 1. The molecule has 348 valence electrons. The number of anilines is 2. The maximum atomic E-state index is 14.2. The Morgan fingerprint density at radius 3 is 2.38 bits per heavy atom. The Bertz CT molecular complexity index is 2420. The number of aryl methyl sites for hydroxylation is 1. The molecule has 7 rings (SSSR count). The summed E-state index contributed by atoms with van der Waals surface area (Å²) in [6.07, 6.45) is 5.42. The summed E-state index contributed by atoms with van der Waals surface area (Å²) in [6, 6.07) is 10.2. The average molecular weight is 912 g/mol. The number of rotatable bonds is 13. The van der Waals surface area contributed by atoms with Gasteiger partial charge in [0.25, 0.3) is 0 Å². The maximum Gasteiger partial charge on any atom is 0.243 e. The molecule has 0 spiro atoms. The van der Waals surface area contributed by atoms with Crippen molar-refractivity contribution < 1.29 is 29.3 Å². The number of nitrogen functional groups attached to an aromatic ring is 2. The summed E-state index contributed by atoms with van der Waals surface area (Å²) in [5, 5.41) is 48.9. The number of hydrogen-bond donors (Lipinski definition) is 8. The van der Waals surface area contributed by atoms with Crippen LogP contribution in [0.15, 0.2) is 59.8 Å². The second-order valence-electron chi connectivity index (χ2n) is 18.0. The molecule has 18 heteroatoms. The molecule has 1 unspecified atom stereocenters. The minimum absolute atomic E-state index is 0.00470. The second-order valence-corrected chi connectivity index (χ2v) is 18.9. The number of amides is 2. The molecule has 16 nitrogen and oxygen atoms in total. The number of aliphatic hydroxyl groups excluding tert-OH is 2. The van der Waals surface area contributed by atoms with Crippen molar-refractivity contribution in [1.29, 1.82) is 5.41 Å². The number of aromatic nitrogens is 3. The minimum Gasteiger partial charge on any atom is -0.511 e. The van der Waals surface area contributed by atoms with E-state index in [4.69, 9.17) is 22.6 Å². The van der Waals surface area contributed by atoms with Crippen LogP contribution in [-0.2, 0) is 9.59 Å². The fraction of sp³-hybridized carbons (Fsp3) is 0.468. The van der Waals surface area contributed by atoms with Gasteiger partial charge in [0, 0.05) is 63.0 Å². The highest BCUT2D eigenvalue weighted by atomic mass is 32.1. The first-order valence-electron chi connectivity index (χ1n) is 22.3. The zero-order valence-electron chi connectivity index (χ0n) is 37.5. The van der Waals surface area contributed by atoms with Crippen LogP contribution in [0, 0.1) is 35.9 Å². The van der Waals surface area contributed by atoms with Crippen LogP contribution < -0.4 is 22.5 Å². The van der Waals surface area contributed by atoms with E-state index in [9.17, 15) is 29.3 Å². The van der Waals surface area contributed by atoms with Crippen LogP contribution in [0.4, 0.5) is 15.9 Å². The molecule has 0 aliphatic carbocycles. The Morgan fingerprint density at radius 2 is 1.74 bits per heavy atom. The number of nitrogens with two attached hydrogens (primary N) is 3. The van der Waals surface area contributed by atoms with E-state index in [0.29, 0.717) is 24.7 Å². The van der Waals surface area contributed by atoms with Crippen LogP contribution in [0.3, 0.4) is 0 Å². The third-order valence-corrected chi connectivity index (χ3v) is 14.1.